The van der Waals surface area contributed by atoms with E-state index in [1.807, 2.05) is 7.05 Å². The second-order valence-corrected chi connectivity index (χ2v) is 12.3. The van der Waals surface area contributed by atoms with Gasteiger partial charge >= 0.3 is 12.4 Å². The van der Waals surface area contributed by atoms with Gasteiger partial charge in [-0.05, 0) is 96.1 Å². The number of pyridine rings is 2. The van der Waals surface area contributed by atoms with E-state index in [9.17, 15) is 31.1 Å². The molecule has 1 fully saturated rings. The van der Waals surface area contributed by atoms with Crippen LogP contribution in [0.25, 0.3) is 22.4 Å². The molecule has 3 aromatic heterocycles. The summed E-state index contributed by atoms with van der Waals surface area (Å²) in [6.45, 7) is 8.29. The first-order valence-electron chi connectivity index (χ1n) is 14.1. The van der Waals surface area contributed by atoms with Crippen molar-refractivity contribution in [3.8, 4) is 11.4 Å². The predicted octanol–water partition coefficient (Wildman–Crippen LogP) is 7.25. The average molecular weight is 632 g/mol. The number of nitrogens with one attached hydrogen (secondary N) is 2. The van der Waals surface area contributed by atoms with Crippen LogP contribution in [0.3, 0.4) is 0 Å². The summed E-state index contributed by atoms with van der Waals surface area (Å²) in [6.07, 6.45) is -6.78. The normalized spacial score (nSPS) is 17.3. The first-order valence-corrected chi connectivity index (χ1v) is 14.1. The molecule has 8 nitrogen and oxygen atoms in total. The Morgan fingerprint density at radius 1 is 0.867 bits per heavy atom. The molecule has 0 unspecified atom stereocenters. The van der Waals surface area contributed by atoms with Crippen LogP contribution in [0.15, 0.2) is 54.7 Å². The number of rotatable bonds is 5. The van der Waals surface area contributed by atoms with Gasteiger partial charge in [-0.1, -0.05) is 0 Å². The second-order valence-electron chi connectivity index (χ2n) is 12.3. The van der Waals surface area contributed by atoms with E-state index in [-0.39, 0.29) is 51.2 Å². The Kier molecular flexibility index (Phi) is 8.01. The molecule has 45 heavy (non-hydrogen) atoms. The Labute approximate surface area is 255 Å². The number of carbonyl (C=O) groups is 1. The third-order valence-electron chi connectivity index (χ3n) is 8.24. The number of aromatic nitrogens is 4. The van der Waals surface area contributed by atoms with Crippen LogP contribution < -0.4 is 10.6 Å². The molecule has 0 atom stereocenters. The Balaban J connectivity index is 1.57. The number of hydrogen-bond acceptors (Lipinski definition) is 7. The molecule has 0 bridgehead atoms. The molecule has 0 radical (unpaired) electrons. The number of carbonyl (C=O) groups excluding carboxylic acids is 1. The van der Waals surface area contributed by atoms with Crippen LogP contribution in [0.2, 0.25) is 0 Å². The van der Waals surface area contributed by atoms with E-state index in [2.05, 4.69) is 63.2 Å². The second kappa shape index (κ2) is 11.2. The van der Waals surface area contributed by atoms with Gasteiger partial charge in [0.25, 0.3) is 5.91 Å². The van der Waals surface area contributed by atoms with Crippen LogP contribution in [0.1, 0.15) is 62.3 Å². The number of likely N-dealkylation sites (tertiary alicyclic amines) is 1. The van der Waals surface area contributed by atoms with E-state index in [0.717, 1.165) is 24.3 Å². The van der Waals surface area contributed by atoms with Gasteiger partial charge in [0.1, 0.15) is 11.5 Å². The van der Waals surface area contributed by atoms with Crippen LogP contribution in [-0.4, -0.2) is 54.9 Å². The molecule has 14 heteroatoms. The van der Waals surface area contributed by atoms with Gasteiger partial charge in [-0.15, -0.1) is 0 Å². The number of fused-ring (bicyclic) bond motifs is 1. The maximum absolute atomic E-state index is 13.8. The molecule has 0 saturated carbocycles. The zero-order valence-electron chi connectivity index (χ0n) is 25.1. The summed E-state index contributed by atoms with van der Waals surface area (Å²) < 4.78 is 80.6. The zero-order chi connectivity index (χ0) is 32.9. The molecule has 2 N–H and O–H groups in total. The number of nitrogens with zero attached hydrogens (tertiary/aromatic N) is 5. The maximum Gasteiger partial charge on any atom is 0.418 e. The minimum atomic E-state index is -4.71. The number of halogens is 6. The first-order chi connectivity index (χ1) is 20.8. The molecule has 238 valence electrons. The molecule has 4 aromatic rings. The van der Waals surface area contributed by atoms with E-state index in [4.69, 9.17) is 0 Å². The highest BCUT2D eigenvalue weighted by atomic mass is 19.4. The van der Waals surface area contributed by atoms with E-state index >= 15 is 0 Å². The van der Waals surface area contributed by atoms with Crippen LogP contribution >= 0.6 is 0 Å². The highest BCUT2D eigenvalue weighted by Crippen LogP contribution is 2.38. The summed E-state index contributed by atoms with van der Waals surface area (Å²) in [7, 11) is 2.03. The Morgan fingerprint density at radius 3 is 2.11 bits per heavy atom. The quantitative estimate of drug-likeness (QED) is 0.224. The molecule has 0 aliphatic carbocycles. The fourth-order valence-corrected chi connectivity index (χ4v) is 5.78. The third-order valence-corrected chi connectivity index (χ3v) is 8.24. The average Bonchev–Trinajstić information content (AvgIpc) is 2.94. The van der Waals surface area contributed by atoms with Crippen LogP contribution in [-0.2, 0) is 12.4 Å². The Morgan fingerprint density at radius 2 is 1.51 bits per heavy atom. The molecule has 1 aliphatic rings. The number of hydrogen-bond donors (Lipinski definition) is 2. The smallest absolute Gasteiger partial charge is 0.346 e. The zero-order valence-corrected chi connectivity index (χ0v) is 25.1. The molecule has 1 saturated heterocycles. The Hall–Kier alpha value is -4.33. The van der Waals surface area contributed by atoms with Crippen molar-refractivity contribution in [2.24, 2.45) is 0 Å². The Bertz CT molecular complexity index is 1720. The summed E-state index contributed by atoms with van der Waals surface area (Å²) in [5.41, 5.74) is -2.79. The van der Waals surface area contributed by atoms with Crippen molar-refractivity contribution in [2.45, 2.75) is 70.0 Å². The highest BCUT2D eigenvalue weighted by Gasteiger charge is 2.43. The van der Waals surface area contributed by atoms with Crippen LogP contribution in [0.4, 0.5) is 37.8 Å². The highest BCUT2D eigenvalue weighted by molar-refractivity contribution is 5.96. The minimum absolute atomic E-state index is 0.0325. The number of benzene rings is 1. The van der Waals surface area contributed by atoms with E-state index in [0.29, 0.717) is 12.8 Å². The van der Waals surface area contributed by atoms with E-state index in [1.165, 1.54) is 30.5 Å². The largest absolute Gasteiger partial charge is 0.418 e. The molecule has 1 amide bonds. The topological polar surface area (TPSA) is 95.9 Å². The monoisotopic (exact) mass is 631 g/mol. The van der Waals surface area contributed by atoms with Gasteiger partial charge in [-0.25, -0.2) is 15.0 Å². The van der Waals surface area contributed by atoms with E-state index < -0.39 is 35.1 Å². The molecular weight excluding hydrogens is 600 g/mol. The third kappa shape index (κ3) is 6.70. The van der Waals surface area contributed by atoms with Crippen molar-refractivity contribution in [2.75, 3.05) is 12.4 Å². The standard InChI is InChI=1S/C31H31F6N7O/c1-28(2)15-19(16-29(3,4)44(28)5)40-27(45)26-42-24(39-18-10-8-17(9-11-18)30(32,33)34)20-12-13-22(41-25(20)43-26)23-21(31(35,36)37)7-6-14-38-23/h6-14,19H,15-16H2,1-5H3,(H,40,45)(H,39,41,42,43). The van der Waals surface area contributed by atoms with Crippen molar-refractivity contribution < 1.29 is 31.1 Å². The van der Waals surface area contributed by atoms with Crippen molar-refractivity contribution in [3.63, 3.8) is 0 Å². The minimum Gasteiger partial charge on any atom is -0.346 e. The lowest BCUT2D eigenvalue weighted by Crippen LogP contribution is -2.62. The van der Waals surface area contributed by atoms with Crippen molar-refractivity contribution in [3.05, 3.63) is 71.7 Å². The fourth-order valence-electron chi connectivity index (χ4n) is 5.78. The molecule has 4 heterocycles. The van der Waals surface area contributed by atoms with Crippen LogP contribution in [0.5, 0.6) is 0 Å². The van der Waals surface area contributed by atoms with Gasteiger partial charge in [-0.3, -0.25) is 14.7 Å². The lowest BCUT2D eigenvalue weighted by molar-refractivity contribution is -0.138. The molecule has 0 spiro atoms. The van der Waals surface area contributed by atoms with Gasteiger partial charge in [0.05, 0.1) is 22.2 Å². The number of amides is 1. The summed E-state index contributed by atoms with van der Waals surface area (Å²) in [6, 6.07) is 8.70. The summed E-state index contributed by atoms with van der Waals surface area (Å²) in [4.78, 5) is 32.7. The van der Waals surface area contributed by atoms with Gasteiger partial charge < -0.3 is 10.6 Å². The molecule has 1 aliphatic heterocycles. The van der Waals surface area contributed by atoms with Crippen LogP contribution in [0, 0.1) is 0 Å². The first kappa shape index (κ1) is 32.1. The maximum atomic E-state index is 13.8. The van der Waals surface area contributed by atoms with Crippen molar-refractivity contribution >= 4 is 28.4 Å². The lowest BCUT2D eigenvalue weighted by Gasteiger charge is -2.53. The predicted molar refractivity (Wildman–Crippen MR) is 157 cm³/mol. The molecule has 1 aromatic carbocycles. The van der Waals surface area contributed by atoms with Crippen molar-refractivity contribution in [1.29, 1.82) is 0 Å². The van der Waals surface area contributed by atoms with Crippen molar-refractivity contribution in [1.82, 2.24) is 30.2 Å². The van der Waals surface area contributed by atoms with E-state index in [1.54, 1.807) is 0 Å². The summed E-state index contributed by atoms with van der Waals surface area (Å²) in [5, 5.41) is 6.12. The fraction of sp³-hybridized carbons (Fsp3) is 0.387. The van der Waals surface area contributed by atoms with Gasteiger partial charge in [0.15, 0.2) is 5.65 Å². The summed E-state index contributed by atoms with van der Waals surface area (Å²) in [5.74, 6) is -0.909. The summed E-state index contributed by atoms with van der Waals surface area (Å²) >= 11 is 0. The number of alkyl halides is 6. The number of piperidine rings is 1. The van der Waals surface area contributed by atoms with Gasteiger partial charge in [0.2, 0.25) is 5.82 Å². The van der Waals surface area contributed by atoms with Gasteiger partial charge in [0, 0.05) is 29.0 Å². The SMILES string of the molecule is CN1C(C)(C)CC(NC(=O)c2nc(Nc3ccc(C(F)(F)F)cc3)c3ccc(-c4ncccc4C(F)(F)F)nc3n2)CC1(C)C. The molecular formula is C31H31F6N7O. The molecule has 5 rings (SSSR count). The lowest BCUT2D eigenvalue weighted by atomic mass is 9.77. The number of anilines is 2. The van der Waals surface area contributed by atoms with Gasteiger partial charge in [-0.2, -0.15) is 26.3 Å².